The molecule has 1 aliphatic heterocycles. The second kappa shape index (κ2) is 9.94. The third-order valence-corrected chi connectivity index (χ3v) is 4.67. The van der Waals surface area contributed by atoms with Crippen molar-refractivity contribution in [1.82, 2.24) is 4.90 Å². The van der Waals surface area contributed by atoms with Crippen molar-refractivity contribution in [2.24, 2.45) is 11.8 Å². The molecule has 1 heterocycles. The molecule has 0 saturated carbocycles. The molecule has 1 aromatic rings. The summed E-state index contributed by atoms with van der Waals surface area (Å²) in [6.07, 6.45) is 1.18. The van der Waals surface area contributed by atoms with Crippen LogP contribution in [0.2, 0.25) is 0 Å². The van der Waals surface area contributed by atoms with Crippen LogP contribution in [0.4, 0.5) is 4.79 Å². The molecule has 1 aliphatic rings. The smallest absolute Gasteiger partial charge is 0.410 e. The number of rotatable bonds is 7. The molecule has 1 saturated heterocycles. The van der Waals surface area contributed by atoms with E-state index >= 15 is 0 Å². The Kier molecular flexibility index (Phi) is 7.63. The molecule has 1 atom stereocenters. The second-order valence-electron chi connectivity index (χ2n) is 6.63. The molecule has 142 valence electrons. The summed E-state index contributed by atoms with van der Waals surface area (Å²) in [6.45, 7) is 4.84. The third-order valence-electron chi connectivity index (χ3n) is 4.67. The van der Waals surface area contributed by atoms with Crippen LogP contribution in [0.15, 0.2) is 30.3 Å². The fraction of sp³-hybridized carbons (Fsp3) is 0.550. The summed E-state index contributed by atoms with van der Waals surface area (Å²) in [4.78, 5) is 37.6. The molecule has 0 aliphatic carbocycles. The number of piperidine rings is 1. The lowest BCUT2D eigenvalue weighted by Crippen LogP contribution is -2.42. The third kappa shape index (κ3) is 5.86. The summed E-state index contributed by atoms with van der Waals surface area (Å²) in [7, 11) is 0. The number of Topliss-reactive ketones (excluding diaryl/α,β-unsaturated/α-hetero) is 1. The Labute approximate surface area is 154 Å². The van der Waals surface area contributed by atoms with Gasteiger partial charge in [0.1, 0.15) is 12.4 Å². The molecular formula is C20H27NO5. The number of hydrogen-bond donors (Lipinski definition) is 0. The van der Waals surface area contributed by atoms with Gasteiger partial charge in [0.2, 0.25) is 0 Å². The molecule has 0 aromatic heterocycles. The zero-order chi connectivity index (χ0) is 18.9. The molecule has 0 N–H and O–H groups in total. The molecular weight excluding hydrogens is 334 g/mol. The van der Waals surface area contributed by atoms with Crippen molar-refractivity contribution < 1.29 is 23.9 Å². The average Bonchev–Trinajstić information content (AvgIpc) is 2.65. The van der Waals surface area contributed by atoms with E-state index in [2.05, 4.69) is 0 Å². The number of nitrogens with zero attached hydrogens (tertiary/aromatic N) is 1. The van der Waals surface area contributed by atoms with Crippen LogP contribution < -0.4 is 0 Å². The summed E-state index contributed by atoms with van der Waals surface area (Å²) >= 11 is 0. The molecule has 1 aromatic carbocycles. The minimum absolute atomic E-state index is 0.0206. The molecule has 6 heteroatoms. The Morgan fingerprint density at radius 3 is 2.35 bits per heavy atom. The van der Waals surface area contributed by atoms with Gasteiger partial charge in [-0.2, -0.15) is 0 Å². The van der Waals surface area contributed by atoms with Crippen molar-refractivity contribution in [2.75, 3.05) is 19.7 Å². The topological polar surface area (TPSA) is 72.9 Å². The maximum atomic E-state index is 12.2. The van der Waals surface area contributed by atoms with Gasteiger partial charge < -0.3 is 19.2 Å². The molecule has 1 unspecified atom stereocenters. The van der Waals surface area contributed by atoms with Crippen LogP contribution in [-0.2, 0) is 25.7 Å². The Morgan fingerprint density at radius 2 is 1.77 bits per heavy atom. The van der Waals surface area contributed by atoms with Gasteiger partial charge in [-0.3, -0.25) is 4.79 Å². The normalized spacial score (nSPS) is 16.0. The number of carbonyl (C=O) groups is 3. The molecule has 0 radical (unpaired) electrons. The van der Waals surface area contributed by atoms with Gasteiger partial charge in [0.15, 0.2) is 0 Å². The molecule has 2 rings (SSSR count). The number of amides is 1. The number of ether oxygens (including phenoxy) is 2. The number of hydrogen-bond acceptors (Lipinski definition) is 5. The highest BCUT2D eigenvalue weighted by Gasteiger charge is 2.34. The van der Waals surface area contributed by atoms with Crippen molar-refractivity contribution in [1.29, 1.82) is 0 Å². The van der Waals surface area contributed by atoms with Gasteiger partial charge in [-0.05, 0) is 38.2 Å². The monoisotopic (exact) mass is 361 g/mol. The molecule has 6 nitrogen and oxygen atoms in total. The standard InChI is InChI=1S/C20H27NO5/c1-3-25-19(23)18(13-15(2)22)17-9-11-21(12-10-17)20(24)26-14-16-7-5-4-6-8-16/h4-8,17-18H,3,9-14H2,1-2H3. The van der Waals surface area contributed by atoms with Gasteiger partial charge in [-0.15, -0.1) is 0 Å². The SMILES string of the molecule is CCOC(=O)C(CC(C)=O)C1CCN(C(=O)OCc2ccccc2)CC1. The first-order valence-corrected chi connectivity index (χ1v) is 9.13. The first-order valence-electron chi connectivity index (χ1n) is 9.13. The van der Waals surface area contributed by atoms with E-state index in [9.17, 15) is 14.4 Å². The second-order valence-corrected chi connectivity index (χ2v) is 6.63. The predicted molar refractivity (Wildman–Crippen MR) is 96.3 cm³/mol. The van der Waals surface area contributed by atoms with E-state index in [1.807, 2.05) is 30.3 Å². The summed E-state index contributed by atoms with van der Waals surface area (Å²) in [5, 5.41) is 0. The van der Waals surface area contributed by atoms with E-state index < -0.39 is 5.92 Å². The first kappa shape index (κ1) is 19.9. The van der Waals surface area contributed by atoms with Crippen LogP contribution in [0.5, 0.6) is 0 Å². The number of ketones is 1. The maximum absolute atomic E-state index is 12.2. The van der Waals surface area contributed by atoms with E-state index in [1.54, 1.807) is 11.8 Å². The van der Waals surface area contributed by atoms with Crippen molar-refractivity contribution >= 4 is 17.8 Å². The minimum Gasteiger partial charge on any atom is -0.466 e. The quantitative estimate of drug-likeness (QED) is 0.698. The van der Waals surface area contributed by atoms with Gasteiger partial charge in [0.05, 0.1) is 12.5 Å². The van der Waals surface area contributed by atoms with Crippen molar-refractivity contribution in [3.8, 4) is 0 Å². The Morgan fingerprint density at radius 1 is 1.12 bits per heavy atom. The zero-order valence-electron chi connectivity index (χ0n) is 15.5. The number of esters is 1. The van der Waals surface area contributed by atoms with E-state index in [-0.39, 0.29) is 36.8 Å². The van der Waals surface area contributed by atoms with E-state index in [0.29, 0.717) is 32.5 Å². The Hall–Kier alpha value is -2.37. The van der Waals surface area contributed by atoms with E-state index in [1.165, 1.54) is 6.92 Å². The summed E-state index contributed by atoms with van der Waals surface area (Å²) < 4.78 is 10.5. The van der Waals surface area contributed by atoms with Crippen LogP contribution >= 0.6 is 0 Å². The fourth-order valence-corrected chi connectivity index (χ4v) is 3.30. The number of likely N-dealkylation sites (tertiary alicyclic amines) is 1. The lowest BCUT2D eigenvalue weighted by molar-refractivity contribution is -0.152. The molecule has 26 heavy (non-hydrogen) atoms. The Balaban J connectivity index is 1.84. The molecule has 0 bridgehead atoms. The van der Waals surface area contributed by atoms with Crippen LogP contribution in [0.3, 0.4) is 0 Å². The maximum Gasteiger partial charge on any atom is 0.410 e. The van der Waals surface area contributed by atoms with Crippen molar-refractivity contribution in [3.63, 3.8) is 0 Å². The largest absolute Gasteiger partial charge is 0.466 e. The van der Waals surface area contributed by atoms with Crippen LogP contribution in [0.1, 0.15) is 38.7 Å². The van der Waals surface area contributed by atoms with Crippen LogP contribution in [0.25, 0.3) is 0 Å². The van der Waals surface area contributed by atoms with Gasteiger partial charge in [-0.1, -0.05) is 30.3 Å². The summed E-state index contributed by atoms with van der Waals surface area (Å²) in [5.41, 5.74) is 0.944. The average molecular weight is 361 g/mol. The summed E-state index contributed by atoms with van der Waals surface area (Å²) in [5.74, 6) is -0.702. The van der Waals surface area contributed by atoms with Gasteiger partial charge in [0.25, 0.3) is 0 Å². The van der Waals surface area contributed by atoms with Gasteiger partial charge in [-0.25, -0.2) is 4.79 Å². The zero-order valence-corrected chi connectivity index (χ0v) is 15.5. The lowest BCUT2D eigenvalue weighted by Gasteiger charge is -2.34. The molecule has 1 fully saturated rings. The fourth-order valence-electron chi connectivity index (χ4n) is 3.30. The van der Waals surface area contributed by atoms with Crippen LogP contribution in [-0.4, -0.2) is 42.4 Å². The van der Waals surface area contributed by atoms with E-state index in [0.717, 1.165) is 5.56 Å². The number of benzene rings is 1. The first-order chi connectivity index (χ1) is 12.5. The number of carbonyl (C=O) groups excluding carboxylic acids is 3. The summed E-state index contributed by atoms with van der Waals surface area (Å²) in [6, 6.07) is 9.53. The molecule has 1 amide bonds. The van der Waals surface area contributed by atoms with E-state index in [4.69, 9.17) is 9.47 Å². The van der Waals surface area contributed by atoms with Crippen LogP contribution in [0, 0.1) is 11.8 Å². The minimum atomic E-state index is -0.421. The van der Waals surface area contributed by atoms with Crippen molar-refractivity contribution in [2.45, 2.75) is 39.7 Å². The Bertz CT molecular complexity index is 608. The predicted octanol–water partition coefficient (Wildman–Crippen LogP) is 3.19. The highest BCUT2D eigenvalue weighted by atomic mass is 16.6. The highest BCUT2D eigenvalue weighted by molar-refractivity contribution is 5.83. The lowest BCUT2D eigenvalue weighted by atomic mass is 9.81. The molecule has 0 spiro atoms. The van der Waals surface area contributed by atoms with Gasteiger partial charge in [0, 0.05) is 19.5 Å². The van der Waals surface area contributed by atoms with Crippen molar-refractivity contribution in [3.05, 3.63) is 35.9 Å². The highest BCUT2D eigenvalue weighted by Crippen LogP contribution is 2.29. The van der Waals surface area contributed by atoms with Gasteiger partial charge >= 0.3 is 12.1 Å².